The molecule has 2 aliphatic heterocycles. The molecule has 1 aliphatic carbocycles. The van der Waals surface area contributed by atoms with Gasteiger partial charge in [0.25, 0.3) is 0 Å². The van der Waals surface area contributed by atoms with Gasteiger partial charge in [-0.25, -0.2) is 0 Å². The molecule has 0 radical (unpaired) electrons. The second-order valence-electron chi connectivity index (χ2n) is 8.20. The van der Waals surface area contributed by atoms with Crippen molar-refractivity contribution in [3.8, 4) is 0 Å². The molecule has 2 heteroatoms. The van der Waals surface area contributed by atoms with Gasteiger partial charge in [0.15, 0.2) is 0 Å². The molecule has 0 amide bonds. The van der Waals surface area contributed by atoms with Crippen LogP contribution in [0.4, 0.5) is 5.69 Å². The van der Waals surface area contributed by atoms with E-state index in [1.54, 1.807) is 0 Å². The number of piperidine rings is 2. The van der Waals surface area contributed by atoms with Crippen LogP contribution in [0.3, 0.4) is 0 Å². The van der Waals surface area contributed by atoms with Crippen LogP contribution in [-0.2, 0) is 0 Å². The minimum atomic E-state index is 0.467. The summed E-state index contributed by atoms with van der Waals surface area (Å²) in [5, 5.41) is 2.49. The summed E-state index contributed by atoms with van der Waals surface area (Å²) >= 11 is 0. The van der Waals surface area contributed by atoms with Crippen LogP contribution in [0, 0.1) is 12.3 Å². The fraction of sp³-hybridized carbons (Fsp3) is 0.455. The molecule has 1 atom stereocenters. The lowest BCUT2D eigenvalue weighted by molar-refractivity contribution is 0.0967. The topological polar surface area (TPSA) is 16.4 Å². The van der Waals surface area contributed by atoms with Crippen LogP contribution in [0.2, 0.25) is 0 Å². The van der Waals surface area contributed by atoms with Crippen LogP contribution < -0.4 is 4.90 Å². The Hall–Kier alpha value is -1.96. The van der Waals surface area contributed by atoms with Crippen molar-refractivity contribution in [3.05, 3.63) is 42.0 Å². The first-order valence-electron chi connectivity index (χ1n) is 9.27. The minimum absolute atomic E-state index is 0.467. The first kappa shape index (κ1) is 14.4. The van der Waals surface area contributed by atoms with E-state index in [-0.39, 0.29) is 0 Å². The number of aryl methyl sites for hydroxylation is 1. The van der Waals surface area contributed by atoms with Crippen molar-refractivity contribution in [3.63, 3.8) is 0 Å². The van der Waals surface area contributed by atoms with Crippen LogP contribution in [0.5, 0.6) is 0 Å². The van der Waals surface area contributed by atoms with E-state index in [0.717, 1.165) is 11.2 Å². The van der Waals surface area contributed by atoms with E-state index in [4.69, 9.17) is 4.42 Å². The predicted molar refractivity (Wildman–Crippen MR) is 101 cm³/mol. The fourth-order valence-electron chi connectivity index (χ4n) is 5.16. The van der Waals surface area contributed by atoms with Gasteiger partial charge in [-0.3, -0.25) is 0 Å². The van der Waals surface area contributed by atoms with Crippen LogP contribution >= 0.6 is 0 Å². The van der Waals surface area contributed by atoms with E-state index in [1.165, 1.54) is 47.7 Å². The Morgan fingerprint density at radius 3 is 2.58 bits per heavy atom. The molecule has 0 spiro atoms. The van der Waals surface area contributed by atoms with Gasteiger partial charge in [-0.1, -0.05) is 25.1 Å². The standard InChI is InChI=1S/C22H25NO/c1-14-12-21-18(17-6-4-5-7-20(17)24-21)13-19(14)23-15(2)22(3)10-8-16(23)9-11-22/h4-7,12-13,15-16H,8-11H2,1-3H3. The maximum Gasteiger partial charge on any atom is 0.135 e. The second kappa shape index (κ2) is 4.78. The van der Waals surface area contributed by atoms with E-state index in [2.05, 4.69) is 56.0 Å². The van der Waals surface area contributed by atoms with E-state index in [0.29, 0.717) is 17.5 Å². The zero-order valence-corrected chi connectivity index (χ0v) is 14.8. The lowest BCUT2D eigenvalue weighted by Gasteiger charge is -2.57. The number of para-hydroxylation sites is 1. The molecule has 1 aromatic heterocycles. The molecule has 6 rings (SSSR count). The van der Waals surface area contributed by atoms with Crippen molar-refractivity contribution < 1.29 is 4.42 Å². The smallest absolute Gasteiger partial charge is 0.135 e. The van der Waals surface area contributed by atoms with Crippen LogP contribution in [0.15, 0.2) is 40.8 Å². The molecule has 2 saturated heterocycles. The lowest BCUT2D eigenvalue weighted by Crippen LogP contribution is -2.59. The molecule has 0 N–H and O–H groups in total. The quantitative estimate of drug-likeness (QED) is 0.542. The average Bonchev–Trinajstić information content (AvgIpc) is 2.93. The van der Waals surface area contributed by atoms with Gasteiger partial charge in [-0.2, -0.15) is 0 Å². The monoisotopic (exact) mass is 319 g/mol. The second-order valence-corrected chi connectivity index (χ2v) is 8.20. The SMILES string of the molecule is Cc1cc2oc3ccccc3c2cc1N1C2CCC(C)(CC2)C1C. The maximum atomic E-state index is 6.07. The van der Waals surface area contributed by atoms with Crippen molar-refractivity contribution in [2.24, 2.45) is 5.41 Å². The normalized spacial score (nSPS) is 29.7. The summed E-state index contributed by atoms with van der Waals surface area (Å²) < 4.78 is 6.07. The zero-order chi connectivity index (χ0) is 16.5. The van der Waals surface area contributed by atoms with Crippen LogP contribution in [0.25, 0.3) is 21.9 Å². The number of anilines is 1. The molecular weight excluding hydrogens is 294 g/mol. The van der Waals surface area contributed by atoms with Crippen molar-refractivity contribution in [2.75, 3.05) is 4.90 Å². The highest BCUT2D eigenvalue weighted by Gasteiger charge is 2.47. The summed E-state index contributed by atoms with van der Waals surface area (Å²) in [5.41, 5.74) is 5.22. The summed E-state index contributed by atoms with van der Waals surface area (Å²) in [5.74, 6) is 0. The predicted octanol–water partition coefficient (Wildman–Crippen LogP) is 6.05. The Kier molecular flexibility index (Phi) is 2.87. The van der Waals surface area contributed by atoms with E-state index in [1.807, 2.05) is 6.07 Å². The van der Waals surface area contributed by atoms with Crippen molar-refractivity contribution >= 4 is 27.6 Å². The Morgan fingerprint density at radius 1 is 1.04 bits per heavy atom. The number of rotatable bonds is 1. The van der Waals surface area contributed by atoms with Crippen molar-refractivity contribution in [2.45, 2.75) is 58.5 Å². The molecule has 3 fully saturated rings. The van der Waals surface area contributed by atoms with E-state index < -0.39 is 0 Å². The summed E-state index contributed by atoms with van der Waals surface area (Å²) in [7, 11) is 0. The number of fused-ring (bicyclic) bond motifs is 6. The van der Waals surface area contributed by atoms with Gasteiger partial charge in [-0.05, 0) is 68.7 Å². The summed E-state index contributed by atoms with van der Waals surface area (Å²) in [6, 6.07) is 14.3. The summed E-state index contributed by atoms with van der Waals surface area (Å²) in [4.78, 5) is 2.73. The third-order valence-electron chi connectivity index (χ3n) is 6.89. The molecule has 2 aromatic carbocycles. The Bertz CT molecular complexity index is 930. The highest BCUT2D eigenvalue weighted by molar-refractivity contribution is 6.06. The van der Waals surface area contributed by atoms with Crippen LogP contribution in [0.1, 0.15) is 45.1 Å². The third-order valence-corrected chi connectivity index (χ3v) is 6.89. The molecule has 3 heterocycles. The first-order valence-corrected chi connectivity index (χ1v) is 9.27. The molecule has 1 unspecified atom stereocenters. The third kappa shape index (κ3) is 1.83. The molecule has 124 valence electrons. The number of nitrogens with zero attached hydrogens (tertiary/aromatic N) is 1. The number of hydrogen-bond donors (Lipinski definition) is 0. The average molecular weight is 319 g/mol. The summed E-state index contributed by atoms with van der Waals surface area (Å²) in [6.45, 7) is 7.16. The molecule has 2 nitrogen and oxygen atoms in total. The van der Waals surface area contributed by atoms with Crippen LogP contribution in [-0.4, -0.2) is 12.1 Å². The lowest BCUT2D eigenvalue weighted by atomic mass is 9.64. The maximum absolute atomic E-state index is 6.07. The molecule has 3 aromatic rings. The molecule has 1 saturated carbocycles. The Balaban J connectivity index is 1.72. The van der Waals surface area contributed by atoms with E-state index in [9.17, 15) is 0 Å². The van der Waals surface area contributed by atoms with Gasteiger partial charge in [0.1, 0.15) is 11.2 Å². The number of benzene rings is 2. The Labute approximate surface area is 143 Å². The highest BCUT2D eigenvalue weighted by atomic mass is 16.3. The van der Waals surface area contributed by atoms with Gasteiger partial charge in [0, 0.05) is 28.5 Å². The fourth-order valence-corrected chi connectivity index (χ4v) is 5.16. The summed E-state index contributed by atoms with van der Waals surface area (Å²) in [6.07, 6.45) is 5.44. The van der Waals surface area contributed by atoms with E-state index >= 15 is 0 Å². The van der Waals surface area contributed by atoms with Gasteiger partial charge in [-0.15, -0.1) is 0 Å². The zero-order valence-electron chi connectivity index (χ0n) is 14.8. The van der Waals surface area contributed by atoms with Gasteiger partial charge < -0.3 is 9.32 Å². The number of hydrogen-bond acceptors (Lipinski definition) is 2. The molecule has 3 aliphatic rings. The van der Waals surface area contributed by atoms with Gasteiger partial charge in [0.2, 0.25) is 0 Å². The molecular formula is C22H25NO. The highest BCUT2D eigenvalue weighted by Crippen LogP contribution is 2.51. The first-order chi connectivity index (χ1) is 11.6. The van der Waals surface area contributed by atoms with Crippen molar-refractivity contribution in [1.82, 2.24) is 0 Å². The minimum Gasteiger partial charge on any atom is -0.456 e. The number of furan rings is 1. The van der Waals surface area contributed by atoms with Gasteiger partial charge in [0.05, 0.1) is 0 Å². The van der Waals surface area contributed by atoms with Crippen molar-refractivity contribution in [1.29, 1.82) is 0 Å². The Morgan fingerprint density at radius 2 is 1.79 bits per heavy atom. The van der Waals surface area contributed by atoms with Gasteiger partial charge >= 0.3 is 0 Å². The largest absolute Gasteiger partial charge is 0.456 e. The molecule has 2 bridgehead atoms. The molecule has 24 heavy (non-hydrogen) atoms.